The van der Waals surface area contributed by atoms with Crippen LogP contribution in [0, 0.1) is 6.92 Å². The van der Waals surface area contributed by atoms with Gasteiger partial charge >= 0.3 is 0 Å². The van der Waals surface area contributed by atoms with Gasteiger partial charge in [-0.25, -0.2) is 9.97 Å². The fourth-order valence-electron chi connectivity index (χ4n) is 4.91. The zero-order valence-electron chi connectivity index (χ0n) is 23.2. The van der Waals surface area contributed by atoms with Gasteiger partial charge < -0.3 is 9.88 Å². The van der Waals surface area contributed by atoms with Crippen molar-refractivity contribution < 1.29 is 8.42 Å². The van der Waals surface area contributed by atoms with Crippen molar-refractivity contribution in [3.05, 3.63) is 66.0 Å². The first kappa shape index (κ1) is 26.6. The molecular weight excluding hydrogens is 512 g/mol. The van der Waals surface area contributed by atoms with E-state index in [1.165, 1.54) is 18.6 Å². The lowest BCUT2D eigenvalue weighted by Crippen LogP contribution is -2.12. The average Bonchev–Trinajstić information content (AvgIpc) is 3.66. The molecule has 0 atom stereocenters. The van der Waals surface area contributed by atoms with Gasteiger partial charge in [0.25, 0.3) is 10.0 Å². The second-order valence-electron chi connectivity index (χ2n) is 9.80. The van der Waals surface area contributed by atoms with E-state index in [9.17, 15) is 8.42 Å². The fraction of sp³-hybridized carbons (Fsp3) is 0.357. The number of nitrogens with zero attached hydrogens (tertiary/aromatic N) is 7. The van der Waals surface area contributed by atoms with E-state index in [2.05, 4.69) is 53.0 Å². The van der Waals surface area contributed by atoms with E-state index in [1.807, 2.05) is 32.9 Å². The highest BCUT2D eigenvalue weighted by atomic mass is 32.2. The summed E-state index contributed by atoms with van der Waals surface area (Å²) in [5, 5.41) is 11.8. The highest BCUT2D eigenvalue weighted by Gasteiger charge is 2.22. The van der Waals surface area contributed by atoms with Crippen LogP contribution in [0.3, 0.4) is 0 Å². The van der Waals surface area contributed by atoms with Crippen molar-refractivity contribution in [2.75, 3.05) is 5.32 Å². The van der Waals surface area contributed by atoms with E-state index >= 15 is 0 Å². The second-order valence-corrected chi connectivity index (χ2v) is 11.6. The second kappa shape index (κ2) is 10.3. The molecule has 0 bridgehead atoms. The van der Waals surface area contributed by atoms with Gasteiger partial charge in [-0.3, -0.25) is 4.68 Å². The highest BCUT2D eigenvalue weighted by molar-refractivity contribution is 7.89. The van der Waals surface area contributed by atoms with E-state index in [0.29, 0.717) is 23.6 Å². The molecule has 204 valence electrons. The molecule has 5 aromatic rings. The normalized spacial score (nSPS) is 12.1. The molecule has 0 saturated carbocycles. The molecule has 0 radical (unpaired) electrons. The van der Waals surface area contributed by atoms with E-state index in [4.69, 9.17) is 9.97 Å². The van der Waals surface area contributed by atoms with E-state index in [0.717, 1.165) is 50.6 Å². The molecule has 11 heteroatoms. The number of imidazole rings is 1. The monoisotopic (exact) mass is 546 g/mol. The summed E-state index contributed by atoms with van der Waals surface area (Å²) in [6.45, 7) is 13.0. The molecule has 5 rings (SSSR count). The Morgan fingerprint density at radius 1 is 0.949 bits per heavy atom. The Morgan fingerprint density at radius 2 is 1.72 bits per heavy atom. The highest BCUT2D eigenvalue weighted by Crippen LogP contribution is 2.31. The maximum atomic E-state index is 13.1. The van der Waals surface area contributed by atoms with Gasteiger partial charge in [-0.15, -0.1) is 0 Å². The van der Waals surface area contributed by atoms with Gasteiger partial charge in [0.05, 0.1) is 35.3 Å². The first-order valence-corrected chi connectivity index (χ1v) is 14.7. The molecule has 4 heterocycles. The van der Waals surface area contributed by atoms with Gasteiger partial charge in [0, 0.05) is 30.0 Å². The van der Waals surface area contributed by atoms with E-state index in [1.54, 1.807) is 10.9 Å². The largest absolute Gasteiger partial charge is 0.340 e. The Labute approximate surface area is 228 Å². The van der Waals surface area contributed by atoms with Crippen LogP contribution in [0.2, 0.25) is 0 Å². The number of hydrogen-bond acceptors (Lipinski definition) is 7. The van der Waals surface area contributed by atoms with Crippen LogP contribution in [0.15, 0.2) is 53.9 Å². The van der Waals surface area contributed by atoms with Crippen molar-refractivity contribution in [1.82, 2.24) is 33.5 Å². The van der Waals surface area contributed by atoms with E-state index in [-0.39, 0.29) is 10.9 Å². The van der Waals surface area contributed by atoms with Crippen LogP contribution >= 0.6 is 0 Å². The minimum Gasteiger partial charge on any atom is -0.340 e. The molecule has 0 aliphatic heterocycles. The average molecular weight is 547 g/mol. The number of anilines is 2. The molecule has 4 aromatic heterocycles. The Bertz CT molecular complexity index is 1760. The smallest absolute Gasteiger partial charge is 0.286 e. The van der Waals surface area contributed by atoms with Crippen LogP contribution in [0.25, 0.3) is 22.3 Å². The molecule has 0 aliphatic carbocycles. The molecular formula is C28H34N8O2S. The molecule has 0 amide bonds. The van der Waals surface area contributed by atoms with Crippen LogP contribution in [0.5, 0.6) is 0 Å². The molecule has 1 N–H and O–H groups in total. The van der Waals surface area contributed by atoms with Crippen molar-refractivity contribution in [2.24, 2.45) is 0 Å². The third-order valence-electron chi connectivity index (χ3n) is 6.92. The summed E-state index contributed by atoms with van der Waals surface area (Å²) < 4.78 is 31.1. The van der Waals surface area contributed by atoms with Crippen molar-refractivity contribution in [2.45, 2.75) is 71.9 Å². The van der Waals surface area contributed by atoms with Gasteiger partial charge in [-0.05, 0) is 69.9 Å². The van der Waals surface area contributed by atoms with Gasteiger partial charge in [-0.1, -0.05) is 19.9 Å². The molecule has 0 aliphatic rings. The molecule has 39 heavy (non-hydrogen) atoms. The third-order valence-corrected chi connectivity index (χ3v) is 8.42. The first-order chi connectivity index (χ1) is 18.7. The van der Waals surface area contributed by atoms with Crippen LogP contribution in [-0.4, -0.2) is 41.9 Å². The standard InChI is InChI=1S/C28H34N8O2S/c1-7-20-10-11-27(32-24-13-26-25(12-21(24)8-2)31-19(6)36(26)18(4)5)33-28(20)22-14-30-35(16-22)39(37,38)23-15-29-34(9-3)17-23/h10-18H,7-9H2,1-6H3,(H,32,33). The molecule has 10 nitrogen and oxygen atoms in total. The van der Waals surface area contributed by atoms with Crippen LogP contribution in [0.1, 0.15) is 57.6 Å². The van der Waals surface area contributed by atoms with Crippen LogP contribution < -0.4 is 5.32 Å². The van der Waals surface area contributed by atoms with Crippen LogP contribution in [-0.2, 0) is 29.4 Å². The number of fused-ring (bicyclic) bond motifs is 1. The number of nitrogens with one attached hydrogen (secondary N) is 1. The number of hydrogen-bond donors (Lipinski definition) is 1. The maximum absolute atomic E-state index is 13.1. The number of aryl methyl sites for hydroxylation is 4. The Balaban J connectivity index is 1.52. The zero-order valence-corrected chi connectivity index (χ0v) is 24.0. The van der Waals surface area contributed by atoms with Crippen molar-refractivity contribution >= 4 is 32.6 Å². The number of aromatic nitrogens is 7. The SMILES string of the molecule is CCc1cc2nc(C)n(C(C)C)c2cc1Nc1ccc(CC)c(-c2cnn(S(=O)(=O)c3cnn(CC)c3)c2)n1. The van der Waals surface area contributed by atoms with Crippen molar-refractivity contribution in [1.29, 1.82) is 0 Å². The third kappa shape index (κ3) is 4.82. The van der Waals surface area contributed by atoms with Gasteiger partial charge in [0.1, 0.15) is 16.5 Å². The Hall–Kier alpha value is -3.99. The predicted octanol–water partition coefficient (Wildman–Crippen LogP) is 5.51. The Kier molecular flexibility index (Phi) is 7.02. The summed E-state index contributed by atoms with van der Waals surface area (Å²) in [6, 6.07) is 8.55. The Morgan fingerprint density at radius 3 is 2.38 bits per heavy atom. The topological polar surface area (TPSA) is 113 Å². The minimum atomic E-state index is -3.86. The van der Waals surface area contributed by atoms with Crippen molar-refractivity contribution in [3.8, 4) is 11.3 Å². The summed E-state index contributed by atoms with van der Waals surface area (Å²) in [5.74, 6) is 1.66. The quantitative estimate of drug-likeness (QED) is 0.259. The summed E-state index contributed by atoms with van der Waals surface area (Å²) in [7, 11) is -3.86. The fourth-order valence-corrected chi connectivity index (χ4v) is 5.99. The maximum Gasteiger partial charge on any atom is 0.286 e. The molecule has 0 saturated heterocycles. The molecule has 0 unspecified atom stereocenters. The first-order valence-electron chi connectivity index (χ1n) is 13.3. The number of benzene rings is 1. The summed E-state index contributed by atoms with van der Waals surface area (Å²) in [6.07, 6.45) is 7.48. The summed E-state index contributed by atoms with van der Waals surface area (Å²) >= 11 is 0. The van der Waals surface area contributed by atoms with Gasteiger partial charge in [0.15, 0.2) is 0 Å². The lowest BCUT2D eigenvalue weighted by molar-refractivity contribution is 0.579. The van der Waals surface area contributed by atoms with Gasteiger partial charge in [-0.2, -0.15) is 22.7 Å². The van der Waals surface area contributed by atoms with Crippen molar-refractivity contribution in [3.63, 3.8) is 0 Å². The van der Waals surface area contributed by atoms with Crippen LogP contribution in [0.4, 0.5) is 11.5 Å². The zero-order chi connectivity index (χ0) is 27.9. The van der Waals surface area contributed by atoms with Gasteiger partial charge in [0.2, 0.25) is 0 Å². The number of rotatable bonds is 9. The molecule has 0 spiro atoms. The summed E-state index contributed by atoms with van der Waals surface area (Å²) in [4.78, 5) is 9.78. The van der Waals surface area contributed by atoms with E-state index < -0.39 is 10.0 Å². The number of pyridine rings is 1. The lowest BCUT2D eigenvalue weighted by Gasteiger charge is -2.15. The molecule has 1 aromatic carbocycles. The predicted molar refractivity (Wildman–Crippen MR) is 153 cm³/mol. The minimum absolute atomic E-state index is 0.0939. The molecule has 0 fully saturated rings. The lowest BCUT2D eigenvalue weighted by atomic mass is 10.1. The summed E-state index contributed by atoms with van der Waals surface area (Å²) in [5.41, 5.74) is 6.49.